The summed E-state index contributed by atoms with van der Waals surface area (Å²) < 4.78 is 6.16. The molecule has 1 aromatic heterocycles. The number of benzene rings is 1. The first kappa shape index (κ1) is 15.1. The largest absolute Gasteiger partial charge is 0.475 e. The summed E-state index contributed by atoms with van der Waals surface area (Å²) in [7, 11) is 0. The third-order valence-electron chi connectivity index (χ3n) is 2.69. The second-order valence-corrected chi connectivity index (χ2v) is 6.67. The Morgan fingerprint density at radius 1 is 1.40 bits per heavy atom. The summed E-state index contributed by atoms with van der Waals surface area (Å²) in [6.07, 6.45) is 0. The second kappa shape index (κ2) is 5.22. The van der Waals surface area contributed by atoms with Gasteiger partial charge in [0.05, 0.1) is 5.56 Å². The molecule has 6 heteroatoms. The van der Waals surface area contributed by atoms with E-state index >= 15 is 0 Å². The van der Waals surface area contributed by atoms with Gasteiger partial charge < -0.3 is 9.52 Å². The highest BCUT2D eigenvalue weighted by Gasteiger charge is 2.29. The van der Waals surface area contributed by atoms with Crippen molar-refractivity contribution in [3.63, 3.8) is 0 Å². The van der Waals surface area contributed by atoms with Crippen LogP contribution in [0.3, 0.4) is 0 Å². The molecular formula is C14H13BrClNO3. The van der Waals surface area contributed by atoms with Crippen LogP contribution in [0.25, 0.3) is 11.5 Å². The number of hydrogen-bond acceptors (Lipinski definition) is 3. The Balaban J connectivity index is 2.65. The number of hydrogen-bond donors (Lipinski definition) is 1. The van der Waals surface area contributed by atoms with Crippen molar-refractivity contribution in [2.45, 2.75) is 26.2 Å². The predicted molar refractivity (Wildman–Crippen MR) is 80.3 cm³/mol. The molecule has 0 aliphatic carbocycles. The maximum Gasteiger partial charge on any atom is 0.373 e. The molecule has 0 radical (unpaired) electrons. The van der Waals surface area contributed by atoms with Crippen LogP contribution in [0.1, 0.15) is 37.0 Å². The van der Waals surface area contributed by atoms with E-state index in [-0.39, 0.29) is 11.7 Å². The maximum absolute atomic E-state index is 11.3. The van der Waals surface area contributed by atoms with Crippen molar-refractivity contribution in [1.29, 1.82) is 0 Å². The van der Waals surface area contributed by atoms with E-state index in [1.54, 1.807) is 18.2 Å². The van der Waals surface area contributed by atoms with Crippen LogP contribution in [0, 0.1) is 0 Å². The second-order valence-electron chi connectivity index (χ2n) is 5.38. The van der Waals surface area contributed by atoms with Crippen LogP contribution in [0.2, 0.25) is 5.02 Å². The summed E-state index contributed by atoms with van der Waals surface area (Å²) in [5.74, 6) is -1.03. The van der Waals surface area contributed by atoms with E-state index in [0.717, 1.165) is 4.47 Å². The zero-order valence-electron chi connectivity index (χ0n) is 11.2. The minimum atomic E-state index is -1.13. The number of rotatable bonds is 2. The Kier molecular flexibility index (Phi) is 3.93. The van der Waals surface area contributed by atoms with Crippen molar-refractivity contribution in [3.8, 4) is 11.5 Å². The zero-order valence-corrected chi connectivity index (χ0v) is 13.5. The van der Waals surface area contributed by atoms with Gasteiger partial charge in [0, 0.05) is 14.9 Å². The molecule has 0 saturated carbocycles. The van der Waals surface area contributed by atoms with E-state index in [1.807, 2.05) is 20.8 Å². The first-order chi connectivity index (χ1) is 9.20. The quantitative estimate of drug-likeness (QED) is 0.841. The lowest BCUT2D eigenvalue weighted by Crippen LogP contribution is -2.16. The van der Waals surface area contributed by atoms with Gasteiger partial charge in [0.1, 0.15) is 5.69 Å². The Bertz CT molecular complexity index is 674. The standard InChI is InChI=1S/C14H13BrClNO3/c1-14(2,3)11-10(13(18)19)20-12(17-11)8-6-7(16)4-5-9(8)15/h4-6H,1-3H3,(H,18,19). The van der Waals surface area contributed by atoms with E-state index in [0.29, 0.717) is 16.3 Å². The van der Waals surface area contributed by atoms with Gasteiger partial charge in [-0.05, 0) is 34.1 Å². The van der Waals surface area contributed by atoms with Crippen molar-refractivity contribution >= 4 is 33.5 Å². The number of aromatic carboxylic acids is 1. The molecule has 0 aliphatic rings. The van der Waals surface area contributed by atoms with Gasteiger partial charge in [-0.15, -0.1) is 0 Å². The molecule has 1 heterocycles. The molecule has 2 aromatic rings. The Labute approximate surface area is 129 Å². The Morgan fingerprint density at radius 2 is 2.05 bits per heavy atom. The minimum Gasteiger partial charge on any atom is -0.475 e. The lowest BCUT2D eigenvalue weighted by molar-refractivity contribution is 0.0659. The number of carboxylic acid groups (broad SMARTS) is 1. The van der Waals surface area contributed by atoms with Gasteiger partial charge in [-0.1, -0.05) is 32.4 Å². The fourth-order valence-electron chi connectivity index (χ4n) is 1.75. The van der Waals surface area contributed by atoms with Crippen LogP contribution >= 0.6 is 27.5 Å². The molecule has 4 nitrogen and oxygen atoms in total. The lowest BCUT2D eigenvalue weighted by Gasteiger charge is -2.14. The molecule has 0 unspecified atom stereocenters. The van der Waals surface area contributed by atoms with Crippen LogP contribution in [-0.4, -0.2) is 16.1 Å². The molecule has 0 amide bonds. The van der Waals surface area contributed by atoms with Gasteiger partial charge in [-0.2, -0.15) is 0 Å². The van der Waals surface area contributed by atoms with Crippen molar-refractivity contribution in [1.82, 2.24) is 4.98 Å². The van der Waals surface area contributed by atoms with Crippen molar-refractivity contribution in [2.75, 3.05) is 0 Å². The predicted octanol–water partition coefficient (Wildman–Crippen LogP) is 4.75. The van der Waals surface area contributed by atoms with Crippen molar-refractivity contribution in [2.24, 2.45) is 0 Å². The molecule has 2 rings (SSSR count). The molecule has 20 heavy (non-hydrogen) atoms. The van der Waals surface area contributed by atoms with E-state index in [1.165, 1.54) is 0 Å². The van der Waals surface area contributed by atoms with E-state index in [2.05, 4.69) is 20.9 Å². The number of aromatic nitrogens is 1. The molecule has 1 aromatic carbocycles. The lowest BCUT2D eigenvalue weighted by atomic mass is 9.91. The normalized spacial score (nSPS) is 11.7. The summed E-state index contributed by atoms with van der Waals surface area (Å²) in [5.41, 5.74) is 0.600. The van der Waals surface area contributed by atoms with Gasteiger partial charge in [0.15, 0.2) is 0 Å². The average Bonchev–Trinajstić information content (AvgIpc) is 2.77. The number of halogens is 2. The number of carboxylic acids is 1. The number of nitrogens with zero attached hydrogens (tertiary/aromatic N) is 1. The molecule has 0 atom stereocenters. The van der Waals surface area contributed by atoms with Gasteiger partial charge in [0.25, 0.3) is 0 Å². The van der Waals surface area contributed by atoms with Gasteiger partial charge >= 0.3 is 5.97 Å². The van der Waals surface area contributed by atoms with Gasteiger partial charge in [-0.25, -0.2) is 9.78 Å². The van der Waals surface area contributed by atoms with E-state index < -0.39 is 11.4 Å². The topological polar surface area (TPSA) is 63.3 Å². The maximum atomic E-state index is 11.3. The number of oxazole rings is 1. The zero-order chi connectivity index (χ0) is 15.1. The molecule has 0 aliphatic heterocycles. The Hall–Kier alpha value is -1.33. The number of carbonyl (C=O) groups is 1. The molecule has 0 spiro atoms. The van der Waals surface area contributed by atoms with Crippen LogP contribution in [0.5, 0.6) is 0 Å². The Morgan fingerprint density at radius 3 is 2.55 bits per heavy atom. The highest BCUT2D eigenvalue weighted by molar-refractivity contribution is 9.10. The first-order valence-corrected chi connectivity index (χ1v) is 7.07. The highest BCUT2D eigenvalue weighted by Crippen LogP contribution is 2.34. The highest BCUT2D eigenvalue weighted by atomic mass is 79.9. The summed E-state index contributed by atoms with van der Waals surface area (Å²) in [6.45, 7) is 5.65. The fraction of sp³-hybridized carbons (Fsp3) is 0.286. The third kappa shape index (κ3) is 2.88. The average molecular weight is 359 g/mol. The molecule has 0 fully saturated rings. The van der Waals surface area contributed by atoms with Gasteiger partial charge in [0.2, 0.25) is 11.7 Å². The minimum absolute atomic E-state index is 0.139. The summed E-state index contributed by atoms with van der Waals surface area (Å²) in [6, 6.07) is 5.16. The monoisotopic (exact) mass is 357 g/mol. The fourth-order valence-corrected chi connectivity index (χ4v) is 2.34. The SMILES string of the molecule is CC(C)(C)c1nc(-c2cc(Cl)ccc2Br)oc1C(=O)O. The third-order valence-corrected chi connectivity index (χ3v) is 3.62. The van der Waals surface area contributed by atoms with Crippen molar-refractivity contribution < 1.29 is 14.3 Å². The van der Waals surface area contributed by atoms with Crippen LogP contribution in [0.4, 0.5) is 0 Å². The first-order valence-electron chi connectivity index (χ1n) is 5.90. The molecule has 0 saturated heterocycles. The smallest absolute Gasteiger partial charge is 0.373 e. The summed E-state index contributed by atoms with van der Waals surface area (Å²) in [4.78, 5) is 15.6. The molecular weight excluding hydrogens is 346 g/mol. The van der Waals surface area contributed by atoms with Crippen LogP contribution in [-0.2, 0) is 5.41 Å². The van der Waals surface area contributed by atoms with E-state index in [9.17, 15) is 9.90 Å². The molecule has 1 N–H and O–H groups in total. The van der Waals surface area contributed by atoms with Crippen molar-refractivity contribution in [3.05, 3.63) is 39.1 Å². The summed E-state index contributed by atoms with van der Waals surface area (Å²) >= 11 is 9.34. The molecule has 0 bridgehead atoms. The van der Waals surface area contributed by atoms with E-state index in [4.69, 9.17) is 16.0 Å². The van der Waals surface area contributed by atoms with Gasteiger partial charge in [-0.3, -0.25) is 0 Å². The van der Waals surface area contributed by atoms with Crippen LogP contribution < -0.4 is 0 Å². The summed E-state index contributed by atoms with van der Waals surface area (Å²) in [5, 5.41) is 9.77. The van der Waals surface area contributed by atoms with Crippen LogP contribution in [0.15, 0.2) is 27.1 Å². The molecule has 106 valence electrons.